The molecule has 2 aromatic rings. The number of sulfonamides is 1. The van der Waals surface area contributed by atoms with Gasteiger partial charge in [0.15, 0.2) is 5.78 Å². The van der Waals surface area contributed by atoms with E-state index in [2.05, 4.69) is 5.32 Å². The van der Waals surface area contributed by atoms with Crippen LogP contribution in [0, 0.1) is 0 Å². The fraction of sp³-hybridized carbons (Fsp3) is 0.250. The lowest BCUT2D eigenvalue weighted by Crippen LogP contribution is -2.33. The van der Waals surface area contributed by atoms with Gasteiger partial charge in [0.25, 0.3) is 5.91 Å². The standard InChI is InChI=1S/C16H16F3N3O4S/c1-10(23)11-7-14(22(2)8-11)15(24)21-12-3-5-13(6-4-12)27(25,26)20-9-16(17,18)19/h3-8,20H,9H2,1-2H3,(H,21,24). The second kappa shape index (κ2) is 7.53. The third-order valence-electron chi connectivity index (χ3n) is 3.53. The molecule has 0 spiro atoms. The first-order valence-corrected chi connectivity index (χ1v) is 9.02. The zero-order valence-electron chi connectivity index (χ0n) is 14.3. The number of ketones is 1. The van der Waals surface area contributed by atoms with Crippen molar-refractivity contribution in [3.8, 4) is 0 Å². The molecule has 0 unspecified atom stereocenters. The Hall–Kier alpha value is -2.66. The Bertz CT molecular complexity index is 964. The molecule has 2 rings (SSSR count). The molecule has 7 nitrogen and oxygen atoms in total. The van der Waals surface area contributed by atoms with Gasteiger partial charge in [-0.25, -0.2) is 13.1 Å². The van der Waals surface area contributed by atoms with Crippen molar-refractivity contribution in [1.82, 2.24) is 9.29 Å². The Kier molecular flexibility index (Phi) is 5.76. The lowest BCUT2D eigenvalue weighted by Gasteiger charge is -2.10. The van der Waals surface area contributed by atoms with Gasteiger partial charge in [-0.1, -0.05) is 0 Å². The highest BCUT2D eigenvalue weighted by atomic mass is 32.2. The van der Waals surface area contributed by atoms with Crippen LogP contribution in [0.2, 0.25) is 0 Å². The van der Waals surface area contributed by atoms with Crippen LogP contribution in [0.4, 0.5) is 18.9 Å². The Balaban J connectivity index is 2.11. The number of aryl methyl sites for hydroxylation is 1. The Morgan fingerprint density at radius 3 is 2.22 bits per heavy atom. The minimum atomic E-state index is -4.67. The largest absolute Gasteiger partial charge is 0.402 e. The Morgan fingerprint density at radius 2 is 1.74 bits per heavy atom. The van der Waals surface area contributed by atoms with Crippen LogP contribution in [0.5, 0.6) is 0 Å². The van der Waals surface area contributed by atoms with Crippen molar-refractivity contribution in [2.75, 3.05) is 11.9 Å². The summed E-state index contributed by atoms with van der Waals surface area (Å²) in [6, 6.07) is 6.04. The monoisotopic (exact) mass is 403 g/mol. The number of alkyl halides is 3. The molecule has 2 N–H and O–H groups in total. The van der Waals surface area contributed by atoms with Gasteiger partial charge in [-0.05, 0) is 37.3 Å². The van der Waals surface area contributed by atoms with Crippen molar-refractivity contribution >= 4 is 27.4 Å². The van der Waals surface area contributed by atoms with Crippen molar-refractivity contribution in [2.24, 2.45) is 7.05 Å². The zero-order chi connectivity index (χ0) is 20.4. The number of benzene rings is 1. The van der Waals surface area contributed by atoms with Gasteiger partial charge in [0, 0.05) is 24.5 Å². The number of halogens is 3. The average molecular weight is 403 g/mol. The molecule has 0 aliphatic rings. The van der Waals surface area contributed by atoms with Crippen LogP contribution in [0.3, 0.4) is 0 Å². The summed E-state index contributed by atoms with van der Waals surface area (Å²) in [4.78, 5) is 23.3. The van der Waals surface area contributed by atoms with E-state index in [1.54, 1.807) is 7.05 Å². The fourth-order valence-electron chi connectivity index (χ4n) is 2.16. The molecule has 146 valence electrons. The van der Waals surface area contributed by atoms with Gasteiger partial charge in [0.1, 0.15) is 12.2 Å². The predicted molar refractivity (Wildman–Crippen MR) is 91.1 cm³/mol. The van der Waals surface area contributed by atoms with E-state index >= 15 is 0 Å². The van der Waals surface area contributed by atoms with E-state index in [0.717, 1.165) is 12.1 Å². The van der Waals surface area contributed by atoms with Crippen LogP contribution in [0.15, 0.2) is 41.4 Å². The van der Waals surface area contributed by atoms with Gasteiger partial charge in [-0.3, -0.25) is 9.59 Å². The first kappa shape index (κ1) is 20.6. The van der Waals surface area contributed by atoms with Crippen molar-refractivity contribution in [3.05, 3.63) is 47.8 Å². The number of aromatic nitrogens is 1. The van der Waals surface area contributed by atoms with E-state index in [-0.39, 0.29) is 22.1 Å². The second-order valence-corrected chi connectivity index (χ2v) is 7.47. The summed E-state index contributed by atoms with van der Waals surface area (Å²) in [5.41, 5.74) is 0.809. The van der Waals surface area contributed by atoms with Crippen LogP contribution in [0.1, 0.15) is 27.8 Å². The lowest BCUT2D eigenvalue weighted by atomic mass is 10.2. The van der Waals surface area contributed by atoms with Gasteiger partial charge in [-0.15, -0.1) is 0 Å². The molecule has 11 heteroatoms. The molecule has 0 aliphatic carbocycles. The predicted octanol–water partition coefficient (Wildman–Crippen LogP) is 2.32. The number of anilines is 1. The van der Waals surface area contributed by atoms with E-state index in [1.807, 2.05) is 0 Å². The molecule has 1 amide bonds. The highest BCUT2D eigenvalue weighted by molar-refractivity contribution is 7.89. The molecule has 0 bridgehead atoms. The van der Waals surface area contributed by atoms with Gasteiger partial charge < -0.3 is 9.88 Å². The molecule has 1 heterocycles. The zero-order valence-corrected chi connectivity index (χ0v) is 15.1. The molecular formula is C16H16F3N3O4S. The normalized spacial score (nSPS) is 12.0. The minimum Gasteiger partial charge on any atom is -0.346 e. The van der Waals surface area contributed by atoms with E-state index < -0.39 is 28.7 Å². The molecule has 1 aromatic carbocycles. The smallest absolute Gasteiger partial charge is 0.346 e. The number of carbonyl (C=O) groups is 2. The maximum Gasteiger partial charge on any atom is 0.402 e. The van der Waals surface area contributed by atoms with Crippen molar-refractivity contribution in [3.63, 3.8) is 0 Å². The maximum atomic E-state index is 12.3. The van der Waals surface area contributed by atoms with Gasteiger partial charge in [0.2, 0.25) is 10.0 Å². The number of rotatable bonds is 6. The molecule has 0 radical (unpaired) electrons. The number of carbonyl (C=O) groups excluding carboxylic acids is 2. The summed E-state index contributed by atoms with van der Waals surface area (Å²) in [6.07, 6.45) is -3.17. The van der Waals surface area contributed by atoms with Crippen LogP contribution in [-0.4, -0.2) is 37.4 Å². The highest BCUT2D eigenvalue weighted by Crippen LogP contribution is 2.18. The van der Waals surface area contributed by atoms with Crippen molar-refractivity contribution in [1.29, 1.82) is 0 Å². The van der Waals surface area contributed by atoms with Crippen LogP contribution in [0.25, 0.3) is 0 Å². The molecule has 1 aromatic heterocycles. The van der Waals surface area contributed by atoms with E-state index in [4.69, 9.17) is 0 Å². The summed E-state index contributed by atoms with van der Waals surface area (Å²) in [6.45, 7) is -0.317. The molecule has 0 atom stereocenters. The first-order valence-electron chi connectivity index (χ1n) is 7.54. The summed E-state index contributed by atoms with van der Waals surface area (Å²) in [7, 11) is -2.74. The first-order chi connectivity index (χ1) is 12.4. The Morgan fingerprint density at radius 1 is 1.15 bits per heavy atom. The number of hydrogen-bond donors (Lipinski definition) is 2. The summed E-state index contributed by atoms with van der Waals surface area (Å²) >= 11 is 0. The average Bonchev–Trinajstić information content (AvgIpc) is 2.95. The van der Waals surface area contributed by atoms with Gasteiger partial charge in [0.05, 0.1) is 4.90 Å². The number of amides is 1. The SMILES string of the molecule is CC(=O)c1cc(C(=O)Nc2ccc(S(=O)(=O)NCC(F)(F)F)cc2)n(C)c1. The maximum absolute atomic E-state index is 12.3. The number of Topliss-reactive ketones (excluding diaryl/α,β-unsaturated/α-hetero) is 1. The minimum absolute atomic E-state index is 0.203. The summed E-state index contributed by atoms with van der Waals surface area (Å²) in [5, 5.41) is 2.52. The molecular weight excluding hydrogens is 387 g/mol. The quantitative estimate of drug-likeness (QED) is 0.724. The molecule has 0 saturated carbocycles. The third kappa shape index (κ3) is 5.41. The summed E-state index contributed by atoms with van der Waals surface area (Å²) < 4.78 is 63.0. The van der Waals surface area contributed by atoms with Crippen molar-refractivity contribution in [2.45, 2.75) is 18.0 Å². The lowest BCUT2D eigenvalue weighted by molar-refractivity contribution is -0.121. The van der Waals surface area contributed by atoms with Crippen LogP contribution >= 0.6 is 0 Å². The second-order valence-electron chi connectivity index (χ2n) is 5.70. The number of nitrogens with zero attached hydrogens (tertiary/aromatic N) is 1. The van der Waals surface area contributed by atoms with Crippen LogP contribution in [-0.2, 0) is 17.1 Å². The van der Waals surface area contributed by atoms with E-state index in [1.165, 1.54) is 40.6 Å². The topological polar surface area (TPSA) is 97.3 Å². The number of nitrogens with one attached hydrogen (secondary N) is 2. The molecule has 0 fully saturated rings. The molecule has 27 heavy (non-hydrogen) atoms. The van der Waals surface area contributed by atoms with Gasteiger partial charge in [-0.2, -0.15) is 13.2 Å². The highest BCUT2D eigenvalue weighted by Gasteiger charge is 2.30. The third-order valence-corrected chi connectivity index (χ3v) is 4.95. The van der Waals surface area contributed by atoms with Gasteiger partial charge >= 0.3 is 6.18 Å². The summed E-state index contributed by atoms with van der Waals surface area (Å²) in [5.74, 6) is -0.735. The Labute approximate surface area is 153 Å². The number of hydrogen-bond acceptors (Lipinski definition) is 4. The molecule has 0 aliphatic heterocycles. The van der Waals surface area contributed by atoms with Crippen molar-refractivity contribution < 1.29 is 31.2 Å². The molecule has 0 saturated heterocycles. The van der Waals surface area contributed by atoms with E-state index in [9.17, 15) is 31.2 Å². The van der Waals surface area contributed by atoms with Crippen LogP contribution < -0.4 is 10.0 Å². The van der Waals surface area contributed by atoms with E-state index in [0.29, 0.717) is 5.56 Å². The fourth-order valence-corrected chi connectivity index (χ4v) is 3.17.